The van der Waals surface area contributed by atoms with Crippen LogP contribution in [0.2, 0.25) is 0 Å². The van der Waals surface area contributed by atoms with Gasteiger partial charge in [0, 0.05) is 0 Å². The van der Waals surface area contributed by atoms with Gasteiger partial charge < -0.3 is 5.32 Å². The molecular formula is C6H9F2NO. The lowest BCUT2D eigenvalue weighted by Crippen LogP contribution is -2.26. The normalized spacial score (nSPS) is 10.8. The Bertz CT molecular complexity index is 134. The zero-order chi connectivity index (χ0) is 7.98. The first kappa shape index (κ1) is 9.07. The molecule has 1 N–H and O–H groups in total. The van der Waals surface area contributed by atoms with Gasteiger partial charge in [-0.1, -0.05) is 6.08 Å². The molecule has 0 aromatic rings. The highest BCUT2D eigenvalue weighted by molar-refractivity contribution is 5.87. The van der Waals surface area contributed by atoms with E-state index in [-0.39, 0.29) is 0 Å². The van der Waals surface area contributed by atoms with E-state index in [2.05, 4.69) is 0 Å². The Hall–Kier alpha value is -0.930. The Morgan fingerprint density at radius 3 is 2.70 bits per heavy atom. The minimum Gasteiger partial charge on any atom is -0.347 e. The standard InChI is InChI=1S/C6H9F2NO/c1-2-3-6(10)9-4-5(7)8/h2-3,5H,4H2,1H3,(H,9,10)/b3-2+. The highest BCUT2D eigenvalue weighted by Gasteiger charge is 2.01. The van der Waals surface area contributed by atoms with Crippen molar-refractivity contribution in [3.05, 3.63) is 12.2 Å². The van der Waals surface area contributed by atoms with Gasteiger partial charge in [0.2, 0.25) is 5.91 Å². The lowest BCUT2D eigenvalue weighted by Gasteiger charge is -1.98. The van der Waals surface area contributed by atoms with Gasteiger partial charge in [0.25, 0.3) is 6.43 Å². The smallest absolute Gasteiger partial charge is 0.255 e. The van der Waals surface area contributed by atoms with Crippen molar-refractivity contribution < 1.29 is 13.6 Å². The third-order valence-electron chi connectivity index (χ3n) is 0.749. The van der Waals surface area contributed by atoms with Gasteiger partial charge in [-0.05, 0) is 13.0 Å². The highest BCUT2D eigenvalue weighted by atomic mass is 19.3. The molecular weight excluding hydrogens is 140 g/mol. The van der Waals surface area contributed by atoms with Crippen molar-refractivity contribution in [2.75, 3.05) is 6.54 Å². The Morgan fingerprint density at radius 1 is 1.70 bits per heavy atom. The average Bonchev–Trinajstić information content (AvgIpc) is 1.85. The third-order valence-corrected chi connectivity index (χ3v) is 0.749. The summed E-state index contributed by atoms with van der Waals surface area (Å²) in [6.07, 6.45) is 0.206. The van der Waals surface area contributed by atoms with E-state index in [0.29, 0.717) is 0 Å². The molecule has 4 heteroatoms. The monoisotopic (exact) mass is 149 g/mol. The molecule has 0 radical (unpaired) electrons. The van der Waals surface area contributed by atoms with Gasteiger partial charge in [0.05, 0.1) is 6.54 Å². The van der Waals surface area contributed by atoms with Crippen LogP contribution in [0.4, 0.5) is 8.78 Å². The fourth-order valence-corrected chi connectivity index (χ4v) is 0.388. The molecule has 58 valence electrons. The minimum absolute atomic E-state index is 0.484. The first-order valence-electron chi connectivity index (χ1n) is 2.85. The van der Waals surface area contributed by atoms with E-state index >= 15 is 0 Å². The van der Waals surface area contributed by atoms with E-state index in [1.54, 1.807) is 6.92 Å². The molecule has 0 aliphatic rings. The molecule has 10 heavy (non-hydrogen) atoms. The summed E-state index contributed by atoms with van der Waals surface area (Å²) in [5, 5.41) is 2.01. The number of carbonyl (C=O) groups excluding carboxylic acids is 1. The summed E-state index contributed by atoms with van der Waals surface area (Å²) in [6, 6.07) is 0. The zero-order valence-electron chi connectivity index (χ0n) is 5.60. The second-order valence-corrected chi connectivity index (χ2v) is 1.64. The van der Waals surface area contributed by atoms with Crippen molar-refractivity contribution in [3.8, 4) is 0 Å². The number of allylic oxidation sites excluding steroid dienone is 1. The van der Waals surface area contributed by atoms with Crippen LogP contribution in [0, 0.1) is 0 Å². The summed E-state index contributed by atoms with van der Waals surface area (Å²) in [6.45, 7) is 1.06. The number of nitrogens with one attached hydrogen (secondary N) is 1. The molecule has 0 bridgehead atoms. The molecule has 0 atom stereocenters. The Kier molecular flexibility index (Phi) is 4.45. The Labute approximate surface area is 57.9 Å². The number of halogens is 2. The van der Waals surface area contributed by atoms with Gasteiger partial charge in [0.15, 0.2) is 0 Å². The van der Waals surface area contributed by atoms with Crippen LogP contribution in [0.1, 0.15) is 6.92 Å². The van der Waals surface area contributed by atoms with E-state index in [4.69, 9.17) is 0 Å². The van der Waals surface area contributed by atoms with E-state index in [0.717, 1.165) is 0 Å². The lowest BCUT2D eigenvalue weighted by atomic mass is 10.5. The van der Waals surface area contributed by atoms with Crippen LogP contribution < -0.4 is 5.32 Å². The Morgan fingerprint density at radius 2 is 2.30 bits per heavy atom. The first-order valence-corrected chi connectivity index (χ1v) is 2.85. The van der Waals surface area contributed by atoms with Crippen LogP contribution in [0.5, 0.6) is 0 Å². The molecule has 1 amide bonds. The molecule has 0 spiro atoms. The molecule has 0 fully saturated rings. The molecule has 0 saturated carbocycles. The summed E-state index contributed by atoms with van der Waals surface area (Å²) >= 11 is 0. The topological polar surface area (TPSA) is 29.1 Å². The van der Waals surface area contributed by atoms with Crippen molar-refractivity contribution >= 4 is 5.91 Å². The molecule has 0 aromatic carbocycles. The van der Waals surface area contributed by atoms with Crippen molar-refractivity contribution in [2.24, 2.45) is 0 Å². The third kappa shape index (κ3) is 5.21. The van der Waals surface area contributed by atoms with Crippen LogP contribution in [0.25, 0.3) is 0 Å². The largest absolute Gasteiger partial charge is 0.347 e. The summed E-state index contributed by atoms with van der Waals surface area (Å²) in [7, 11) is 0. The highest BCUT2D eigenvalue weighted by Crippen LogP contribution is 1.87. The second-order valence-electron chi connectivity index (χ2n) is 1.64. The molecule has 0 aliphatic heterocycles. The molecule has 0 aromatic heterocycles. The maximum absolute atomic E-state index is 11.4. The summed E-state index contributed by atoms with van der Waals surface area (Å²) in [5.41, 5.74) is 0. The van der Waals surface area contributed by atoms with Gasteiger partial charge >= 0.3 is 0 Å². The van der Waals surface area contributed by atoms with E-state index in [9.17, 15) is 13.6 Å². The molecule has 0 heterocycles. The molecule has 2 nitrogen and oxygen atoms in total. The maximum atomic E-state index is 11.4. The SMILES string of the molecule is C/C=C/C(=O)NCC(F)F. The minimum atomic E-state index is -2.48. The summed E-state index contributed by atoms with van der Waals surface area (Å²) in [5.74, 6) is -0.484. The predicted octanol–water partition coefficient (Wildman–Crippen LogP) is 0.944. The Balaban J connectivity index is 3.40. The van der Waals surface area contributed by atoms with E-state index in [1.165, 1.54) is 12.2 Å². The van der Waals surface area contributed by atoms with Crippen LogP contribution in [0.3, 0.4) is 0 Å². The second kappa shape index (κ2) is 4.90. The number of hydrogen-bond donors (Lipinski definition) is 1. The quantitative estimate of drug-likeness (QED) is 0.594. The van der Waals surface area contributed by atoms with Gasteiger partial charge in [-0.25, -0.2) is 8.78 Å². The molecule has 0 unspecified atom stereocenters. The van der Waals surface area contributed by atoms with Crippen molar-refractivity contribution in [1.82, 2.24) is 5.32 Å². The van der Waals surface area contributed by atoms with Crippen LogP contribution in [-0.4, -0.2) is 18.9 Å². The van der Waals surface area contributed by atoms with Gasteiger partial charge in [-0.15, -0.1) is 0 Å². The fourth-order valence-electron chi connectivity index (χ4n) is 0.388. The number of alkyl halides is 2. The number of rotatable bonds is 3. The predicted molar refractivity (Wildman–Crippen MR) is 33.8 cm³/mol. The van der Waals surface area contributed by atoms with Crippen LogP contribution in [0.15, 0.2) is 12.2 Å². The number of carbonyl (C=O) groups is 1. The summed E-state index contributed by atoms with van der Waals surface area (Å²) in [4.78, 5) is 10.4. The average molecular weight is 149 g/mol. The molecule has 0 aliphatic carbocycles. The van der Waals surface area contributed by atoms with Gasteiger partial charge in [0.1, 0.15) is 0 Å². The molecule has 0 rings (SSSR count). The van der Waals surface area contributed by atoms with E-state index in [1.807, 2.05) is 5.32 Å². The molecule has 0 saturated heterocycles. The zero-order valence-corrected chi connectivity index (χ0v) is 5.60. The van der Waals surface area contributed by atoms with Crippen LogP contribution >= 0.6 is 0 Å². The number of amides is 1. The lowest BCUT2D eigenvalue weighted by molar-refractivity contribution is -0.117. The van der Waals surface area contributed by atoms with Crippen molar-refractivity contribution in [2.45, 2.75) is 13.3 Å². The summed E-state index contributed by atoms with van der Waals surface area (Å²) < 4.78 is 22.8. The van der Waals surface area contributed by atoms with Crippen molar-refractivity contribution in [1.29, 1.82) is 0 Å². The van der Waals surface area contributed by atoms with Gasteiger partial charge in [-0.3, -0.25) is 4.79 Å². The first-order chi connectivity index (χ1) is 4.66. The van der Waals surface area contributed by atoms with Crippen LogP contribution in [-0.2, 0) is 4.79 Å². The van der Waals surface area contributed by atoms with Crippen molar-refractivity contribution in [3.63, 3.8) is 0 Å². The maximum Gasteiger partial charge on any atom is 0.255 e. The number of hydrogen-bond acceptors (Lipinski definition) is 1. The fraction of sp³-hybridized carbons (Fsp3) is 0.500. The van der Waals surface area contributed by atoms with E-state index < -0.39 is 18.9 Å². The van der Waals surface area contributed by atoms with Gasteiger partial charge in [-0.2, -0.15) is 0 Å².